The zero-order valence-electron chi connectivity index (χ0n) is 13.3. The molecule has 1 aliphatic carbocycles. The number of carbonyl (C=O) groups is 3. The molecule has 2 unspecified atom stereocenters. The first-order chi connectivity index (χ1) is 11.6. The van der Waals surface area contributed by atoms with Crippen LogP contribution in [-0.2, 0) is 9.59 Å². The minimum Gasteiger partial charge on any atom is -0.348 e. The van der Waals surface area contributed by atoms with Gasteiger partial charge in [-0.1, -0.05) is 54.9 Å². The van der Waals surface area contributed by atoms with Gasteiger partial charge in [0, 0.05) is 6.08 Å². The molecule has 3 amide bonds. The molecular formula is C18H20N2O3S. The number of hydrogen-bond donors (Lipinski definition) is 1. The maximum Gasteiger partial charge on any atom is 0.289 e. The highest BCUT2D eigenvalue weighted by molar-refractivity contribution is 8.14. The predicted molar refractivity (Wildman–Crippen MR) is 94.4 cm³/mol. The zero-order valence-corrected chi connectivity index (χ0v) is 14.1. The second kappa shape index (κ2) is 7.66. The van der Waals surface area contributed by atoms with E-state index in [1.807, 2.05) is 30.3 Å². The molecule has 0 spiro atoms. The molecule has 1 saturated carbocycles. The summed E-state index contributed by atoms with van der Waals surface area (Å²) in [6, 6.07) is 9.21. The molecule has 2 atom stereocenters. The van der Waals surface area contributed by atoms with Crippen LogP contribution in [0, 0.1) is 0 Å². The number of imide groups is 1. The van der Waals surface area contributed by atoms with Crippen LogP contribution in [0.25, 0.3) is 6.08 Å². The van der Waals surface area contributed by atoms with Crippen molar-refractivity contribution in [3.63, 3.8) is 0 Å². The van der Waals surface area contributed by atoms with Crippen molar-refractivity contribution < 1.29 is 14.4 Å². The Kier molecular flexibility index (Phi) is 5.35. The first-order valence-electron chi connectivity index (χ1n) is 8.17. The summed E-state index contributed by atoms with van der Waals surface area (Å²) in [6.07, 6.45) is 6.77. The van der Waals surface area contributed by atoms with Gasteiger partial charge in [0.2, 0.25) is 11.8 Å². The molecule has 126 valence electrons. The lowest BCUT2D eigenvalue weighted by Crippen LogP contribution is -2.54. The van der Waals surface area contributed by atoms with Gasteiger partial charge >= 0.3 is 0 Å². The van der Waals surface area contributed by atoms with Gasteiger partial charge in [-0.3, -0.25) is 19.3 Å². The van der Waals surface area contributed by atoms with E-state index in [-0.39, 0.29) is 34.9 Å². The second-order valence-corrected chi connectivity index (χ2v) is 6.96. The van der Waals surface area contributed by atoms with Gasteiger partial charge in [0.25, 0.3) is 5.24 Å². The topological polar surface area (TPSA) is 66.5 Å². The molecule has 1 aliphatic heterocycles. The van der Waals surface area contributed by atoms with Gasteiger partial charge in [-0.05, 0) is 24.5 Å². The zero-order chi connectivity index (χ0) is 16.9. The van der Waals surface area contributed by atoms with E-state index >= 15 is 0 Å². The third kappa shape index (κ3) is 3.87. The number of nitrogens with one attached hydrogen (secondary N) is 1. The minimum atomic E-state index is -0.220. The van der Waals surface area contributed by atoms with Gasteiger partial charge in [-0.25, -0.2) is 0 Å². The van der Waals surface area contributed by atoms with Crippen LogP contribution in [0.4, 0.5) is 4.79 Å². The fourth-order valence-corrected chi connectivity index (χ4v) is 4.00. The first-order valence-corrected chi connectivity index (χ1v) is 9.16. The molecule has 0 bridgehead atoms. The van der Waals surface area contributed by atoms with Crippen molar-refractivity contribution in [2.45, 2.75) is 37.8 Å². The Balaban J connectivity index is 1.65. The number of nitrogens with zero attached hydrogens (tertiary/aromatic N) is 1. The van der Waals surface area contributed by atoms with Gasteiger partial charge in [0.1, 0.15) is 0 Å². The van der Waals surface area contributed by atoms with Gasteiger partial charge in [-0.2, -0.15) is 0 Å². The van der Waals surface area contributed by atoms with Gasteiger partial charge in [-0.15, -0.1) is 0 Å². The summed E-state index contributed by atoms with van der Waals surface area (Å²) in [4.78, 5) is 37.5. The molecule has 1 saturated heterocycles. The summed E-state index contributed by atoms with van der Waals surface area (Å²) in [6.45, 7) is 0. The van der Waals surface area contributed by atoms with Gasteiger partial charge in [0.05, 0.1) is 17.8 Å². The fraction of sp³-hybridized carbons (Fsp3) is 0.389. The second-order valence-electron chi connectivity index (χ2n) is 6.03. The summed E-state index contributed by atoms with van der Waals surface area (Å²) in [5.41, 5.74) is 0.953. The lowest BCUT2D eigenvalue weighted by atomic mass is 9.89. The Bertz CT molecular complexity index is 643. The van der Waals surface area contributed by atoms with Crippen molar-refractivity contribution in [2.75, 3.05) is 5.75 Å². The van der Waals surface area contributed by atoms with Gasteiger partial charge < -0.3 is 5.32 Å². The van der Waals surface area contributed by atoms with Crippen molar-refractivity contribution >= 4 is 34.9 Å². The van der Waals surface area contributed by atoms with Crippen LogP contribution >= 0.6 is 11.8 Å². The minimum absolute atomic E-state index is 0.143. The average Bonchev–Trinajstić information content (AvgIpc) is 2.93. The molecule has 1 aromatic carbocycles. The largest absolute Gasteiger partial charge is 0.348 e. The number of hydrogen-bond acceptors (Lipinski definition) is 4. The van der Waals surface area contributed by atoms with Crippen molar-refractivity contribution in [1.82, 2.24) is 10.2 Å². The van der Waals surface area contributed by atoms with Crippen molar-refractivity contribution in [2.24, 2.45) is 0 Å². The van der Waals surface area contributed by atoms with Crippen LogP contribution in [0.15, 0.2) is 36.4 Å². The Labute approximate surface area is 145 Å². The van der Waals surface area contributed by atoms with E-state index in [0.29, 0.717) is 0 Å². The van der Waals surface area contributed by atoms with Crippen LogP contribution in [0.1, 0.15) is 31.2 Å². The Hall–Kier alpha value is -2.08. The van der Waals surface area contributed by atoms with Crippen molar-refractivity contribution in [3.05, 3.63) is 42.0 Å². The molecule has 6 heteroatoms. The first kappa shape index (κ1) is 16.8. The van der Waals surface area contributed by atoms with Crippen LogP contribution in [-0.4, -0.2) is 39.8 Å². The Morgan fingerprint density at radius 3 is 2.62 bits per heavy atom. The maximum absolute atomic E-state index is 12.2. The van der Waals surface area contributed by atoms with Crippen LogP contribution in [0.5, 0.6) is 0 Å². The molecule has 24 heavy (non-hydrogen) atoms. The SMILES string of the molecule is O=C(/C=C/c1ccccc1)NC1CCCCC1N1C(=O)CSC1=O. The number of thioether (sulfide) groups is 1. The van der Waals surface area contributed by atoms with Crippen molar-refractivity contribution in [1.29, 1.82) is 0 Å². The maximum atomic E-state index is 12.2. The Morgan fingerprint density at radius 1 is 1.17 bits per heavy atom. The van der Waals surface area contributed by atoms with E-state index in [4.69, 9.17) is 0 Å². The van der Waals surface area contributed by atoms with E-state index in [2.05, 4.69) is 5.32 Å². The molecule has 0 radical (unpaired) electrons. The number of carbonyl (C=O) groups excluding carboxylic acids is 3. The fourth-order valence-electron chi connectivity index (χ4n) is 3.24. The Morgan fingerprint density at radius 2 is 1.92 bits per heavy atom. The van der Waals surface area contributed by atoms with E-state index in [9.17, 15) is 14.4 Å². The van der Waals surface area contributed by atoms with Gasteiger partial charge in [0.15, 0.2) is 0 Å². The quantitative estimate of drug-likeness (QED) is 0.853. The number of benzene rings is 1. The third-order valence-electron chi connectivity index (χ3n) is 4.40. The van der Waals surface area contributed by atoms with E-state index in [1.54, 1.807) is 6.08 Å². The number of rotatable bonds is 4. The molecule has 5 nitrogen and oxygen atoms in total. The molecule has 1 aromatic rings. The summed E-state index contributed by atoms with van der Waals surface area (Å²) >= 11 is 1.05. The smallest absolute Gasteiger partial charge is 0.289 e. The summed E-state index contributed by atoms with van der Waals surface area (Å²) < 4.78 is 0. The summed E-state index contributed by atoms with van der Waals surface area (Å²) in [7, 11) is 0. The highest BCUT2D eigenvalue weighted by Gasteiger charge is 2.40. The molecule has 3 rings (SSSR count). The van der Waals surface area contributed by atoms with E-state index in [0.717, 1.165) is 43.0 Å². The summed E-state index contributed by atoms with van der Waals surface area (Å²) in [5, 5.41) is 2.79. The van der Waals surface area contributed by atoms with E-state index < -0.39 is 0 Å². The molecule has 1 heterocycles. The normalized spacial score (nSPS) is 24.6. The average molecular weight is 344 g/mol. The third-order valence-corrected chi connectivity index (χ3v) is 5.23. The van der Waals surface area contributed by atoms with Crippen LogP contribution in [0.2, 0.25) is 0 Å². The monoisotopic (exact) mass is 344 g/mol. The highest BCUT2D eigenvalue weighted by Crippen LogP contribution is 2.30. The lowest BCUT2D eigenvalue weighted by Gasteiger charge is -2.36. The van der Waals surface area contributed by atoms with Crippen molar-refractivity contribution in [3.8, 4) is 0 Å². The lowest BCUT2D eigenvalue weighted by molar-refractivity contribution is -0.128. The standard InChI is InChI=1S/C18H20N2O3S/c21-16(11-10-13-6-2-1-3-7-13)19-14-8-4-5-9-15(14)20-17(22)12-24-18(20)23/h1-3,6-7,10-11,14-15H,4-5,8-9,12H2,(H,19,21)/b11-10+. The summed E-state index contributed by atoms with van der Waals surface area (Å²) in [5.74, 6) is -0.123. The predicted octanol–water partition coefficient (Wildman–Crippen LogP) is 2.82. The molecule has 2 aliphatic rings. The molecular weight excluding hydrogens is 324 g/mol. The van der Waals surface area contributed by atoms with Crippen LogP contribution in [0.3, 0.4) is 0 Å². The molecule has 2 fully saturated rings. The molecule has 1 N–H and O–H groups in total. The number of amides is 3. The highest BCUT2D eigenvalue weighted by atomic mass is 32.2. The van der Waals surface area contributed by atoms with Crippen LogP contribution < -0.4 is 5.32 Å². The molecule has 0 aromatic heterocycles. The van der Waals surface area contributed by atoms with E-state index in [1.165, 1.54) is 11.0 Å².